The third-order valence-electron chi connectivity index (χ3n) is 2.55. The van der Waals surface area contributed by atoms with Crippen LogP contribution < -0.4 is 10.1 Å². The average Bonchev–Trinajstić information content (AvgIpc) is 2.27. The number of halogens is 2. The van der Waals surface area contributed by atoms with Gasteiger partial charge >= 0.3 is 0 Å². The number of ether oxygens (including phenoxy) is 1. The van der Waals surface area contributed by atoms with Crippen LogP contribution in [0.1, 0.15) is 27.2 Å². The lowest BCUT2D eigenvalue weighted by Gasteiger charge is -2.19. The van der Waals surface area contributed by atoms with Gasteiger partial charge < -0.3 is 10.1 Å². The molecule has 0 fully saturated rings. The molecular weight excluding hydrogens is 285 g/mol. The fraction of sp³-hybridized carbons (Fsp3) is 0.500. The van der Waals surface area contributed by atoms with E-state index in [4.69, 9.17) is 27.9 Å². The van der Waals surface area contributed by atoms with Crippen molar-refractivity contribution in [2.45, 2.75) is 44.7 Å². The molecule has 1 rings (SSSR count). The number of alkyl halides is 1. The highest BCUT2D eigenvalue weighted by Gasteiger charge is 2.17. The molecular formula is C14H19Cl2NO2. The highest BCUT2D eigenvalue weighted by Crippen LogP contribution is 2.18. The topological polar surface area (TPSA) is 38.3 Å². The molecule has 0 bridgehead atoms. The van der Waals surface area contributed by atoms with Crippen molar-refractivity contribution >= 4 is 29.1 Å². The summed E-state index contributed by atoms with van der Waals surface area (Å²) >= 11 is 11.7. The summed E-state index contributed by atoms with van der Waals surface area (Å²) in [4.78, 5) is 11.9. The summed E-state index contributed by atoms with van der Waals surface area (Å²) in [5.41, 5.74) is 0. The van der Waals surface area contributed by atoms with Crippen molar-refractivity contribution in [2.24, 2.45) is 0 Å². The quantitative estimate of drug-likeness (QED) is 0.815. The Kier molecular flexibility index (Phi) is 6.46. The van der Waals surface area contributed by atoms with Crippen LogP contribution in [-0.4, -0.2) is 23.4 Å². The molecule has 0 aliphatic heterocycles. The van der Waals surface area contributed by atoms with Gasteiger partial charge in [0, 0.05) is 16.4 Å². The van der Waals surface area contributed by atoms with Gasteiger partial charge in [0.25, 0.3) is 5.91 Å². The van der Waals surface area contributed by atoms with E-state index in [1.165, 1.54) is 0 Å². The van der Waals surface area contributed by atoms with Gasteiger partial charge in [-0.3, -0.25) is 4.79 Å². The molecule has 3 atom stereocenters. The van der Waals surface area contributed by atoms with E-state index in [-0.39, 0.29) is 17.3 Å². The predicted molar refractivity (Wildman–Crippen MR) is 79.1 cm³/mol. The number of carbonyl (C=O) groups excluding carboxylic acids is 1. The molecule has 3 unspecified atom stereocenters. The zero-order valence-corrected chi connectivity index (χ0v) is 12.8. The summed E-state index contributed by atoms with van der Waals surface area (Å²) in [7, 11) is 0. The minimum absolute atomic E-state index is 0.0189. The van der Waals surface area contributed by atoms with Crippen LogP contribution in [0.15, 0.2) is 24.3 Å². The Balaban J connectivity index is 2.49. The maximum Gasteiger partial charge on any atom is 0.260 e. The van der Waals surface area contributed by atoms with Crippen LogP contribution in [0.5, 0.6) is 5.75 Å². The van der Waals surface area contributed by atoms with Crippen molar-refractivity contribution in [3.05, 3.63) is 29.3 Å². The van der Waals surface area contributed by atoms with Gasteiger partial charge in [0.1, 0.15) is 5.75 Å². The summed E-state index contributed by atoms with van der Waals surface area (Å²) in [6.07, 6.45) is 0.142. The highest BCUT2D eigenvalue weighted by atomic mass is 35.5. The van der Waals surface area contributed by atoms with Crippen molar-refractivity contribution in [1.82, 2.24) is 5.32 Å². The number of nitrogens with one attached hydrogen (secondary N) is 1. The van der Waals surface area contributed by atoms with Crippen molar-refractivity contribution in [2.75, 3.05) is 0 Å². The van der Waals surface area contributed by atoms with Crippen LogP contribution in [0.25, 0.3) is 0 Å². The second kappa shape index (κ2) is 7.61. The second-order valence-electron chi connectivity index (χ2n) is 4.64. The molecule has 0 aliphatic rings. The van der Waals surface area contributed by atoms with Gasteiger partial charge in [0.05, 0.1) is 0 Å². The highest BCUT2D eigenvalue weighted by molar-refractivity contribution is 6.30. The number of carbonyl (C=O) groups is 1. The SMILES string of the molecule is CC(Cl)CC(C)NC(=O)C(C)Oc1cccc(Cl)c1. The summed E-state index contributed by atoms with van der Waals surface area (Å²) in [6, 6.07) is 6.99. The maximum absolute atomic E-state index is 11.9. The van der Waals surface area contributed by atoms with E-state index in [1.807, 2.05) is 13.8 Å². The molecule has 0 saturated carbocycles. The molecule has 1 amide bonds. The van der Waals surface area contributed by atoms with Gasteiger partial charge in [-0.25, -0.2) is 0 Å². The number of rotatable bonds is 6. The lowest BCUT2D eigenvalue weighted by atomic mass is 10.2. The Bertz CT molecular complexity index is 424. The van der Waals surface area contributed by atoms with Crippen LogP contribution in [0, 0.1) is 0 Å². The maximum atomic E-state index is 11.9. The molecule has 0 aliphatic carbocycles. The molecule has 0 heterocycles. The summed E-state index contributed by atoms with van der Waals surface area (Å²) < 4.78 is 5.53. The largest absolute Gasteiger partial charge is 0.481 e. The van der Waals surface area contributed by atoms with Gasteiger partial charge in [0.15, 0.2) is 6.10 Å². The third-order valence-corrected chi connectivity index (χ3v) is 2.96. The number of hydrogen-bond donors (Lipinski definition) is 1. The van der Waals surface area contributed by atoms with Crippen molar-refractivity contribution in [3.63, 3.8) is 0 Å². The first-order valence-corrected chi connectivity index (χ1v) is 7.06. The van der Waals surface area contributed by atoms with Gasteiger partial charge in [0.2, 0.25) is 0 Å². The van der Waals surface area contributed by atoms with E-state index in [0.717, 1.165) is 6.42 Å². The van der Waals surface area contributed by atoms with Gasteiger partial charge in [-0.1, -0.05) is 17.7 Å². The fourth-order valence-corrected chi connectivity index (χ4v) is 2.15. The zero-order valence-electron chi connectivity index (χ0n) is 11.3. The third kappa shape index (κ3) is 6.17. The van der Waals surface area contributed by atoms with Crippen molar-refractivity contribution in [3.8, 4) is 5.75 Å². The predicted octanol–water partition coefficient (Wildman–Crippen LogP) is 3.63. The Morgan fingerprint density at radius 2 is 2.05 bits per heavy atom. The second-order valence-corrected chi connectivity index (χ2v) is 5.83. The number of amides is 1. The Labute approximate surface area is 124 Å². The first-order valence-electron chi connectivity index (χ1n) is 6.25. The number of benzene rings is 1. The molecule has 1 aromatic carbocycles. The Morgan fingerprint density at radius 3 is 2.63 bits per heavy atom. The van der Waals surface area contributed by atoms with Crippen molar-refractivity contribution < 1.29 is 9.53 Å². The molecule has 0 saturated heterocycles. The van der Waals surface area contributed by atoms with E-state index < -0.39 is 6.10 Å². The fourth-order valence-electron chi connectivity index (χ4n) is 1.70. The monoisotopic (exact) mass is 303 g/mol. The summed E-state index contributed by atoms with van der Waals surface area (Å²) in [6.45, 7) is 5.52. The Hall–Kier alpha value is -0.930. The van der Waals surface area contributed by atoms with Crippen LogP contribution >= 0.6 is 23.2 Å². The molecule has 3 nitrogen and oxygen atoms in total. The van der Waals surface area contributed by atoms with Crippen LogP contribution in [0.3, 0.4) is 0 Å². The lowest BCUT2D eigenvalue weighted by Crippen LogP contribution is -2.41. The molecule has 1 aromatic rings. The van der Waals surface area contributed by atoms with E-state index >= 15 is 0 Å². The van der Waals surface area contributed by atoms with Gasteiger partial charge in [-0.05, 0) is 45.4 Å². The molecule has 0 aromatic heterocycles. The summed E-state index contributed by atoms with van der Waals surface area (Å²) in [5, 5.41) is 3.47. The van der Waals surface area contributed by atoms with Crippen molar-refractivity contribution in [1.29, 1.82) is 0 Å². The molecule has 106 valence electrons. The molecule has 0 spiro atoms. The van der Waals surface area contributed by atoms with Gasteiger partial charge in [-0.15, -0.1) is 11.6 Å². The van der Waals surface area contributed by atoms with Gasteiger partial charge in [-0.2, -0.15) is 0 Å². The molecule has 1 N–H and O–H groups in total. The smallest absolute Gasteiger partial charge is 0.260 e. The van der Waals surface area contributed by atoms with Crippen LogP contribution in [-0.2, 0) is 4.79 Å². The minimum Gasteiger partial charge on any atom is -0.481 e. The molecule has 0 radical (unpaired) electrons. The first kappa shape index (κ1) is 16.1. The molecule has 19 heavy (non-hydrogen) atoms. The first-order chi connectivity index (χ1) is 8.88. The average molecular weight is 304 g/mol. The van der Waals surface area contributed by atoms with Crippen LogP contribution in [0.2, 0.25) is 5.02 Å². The summed E-state index contributed by atoms with van der Waals surface area (Å²) in [5.74, 6) is 0.415. The van der Waals surface area contributed by atoms with Crippen LogP contribution in [0.4, 0.5) is 0 Å². The minimum atomic E-state index is -0.577. The standard InChI is InChI=1S/C14H19Cl2NO2/c1-9(15)7-10(2)17-14(18)11(3)19-13-6-4-5-12(16)8-13/h4-6,8-11H,7H2,1-3H3,(H,17,18). The molecule has 5 heteroatoms. The lowest BCUT2D eigenvalue weighted by molar-refractivity contribution is -0.127. The van der Waals surface area contributed by atoms with E-state index in [9.17, 15) is 4.79 Å². The van der Waals surface area contributed by atoms with E-state index in [1.54, 1.807) is 31.2 Å². The zero-order chi connectivity index (χ0) is 14.4. The van der Waals surface area contributed by atoms with E-state index in [0.29, 0.717) is 10.8 Å². The normalized spacial score (nSPS) is 15.4. The van der Waals surface area contributed by atoms with E-state index in [2.05, 4.69) is 5.32 Å². The number of hydrogen-bond acceptors (Lipinski definition) is 2. The Morgan fingerprint density at radius 1 is 1.37 bits per heavy atom.